The molecular weight excluding hydrogens is 317 g/mol. The summed E-state index contributed by atoms with van der Waals surface area (Å²) in [4.78, 5) is 0. The van der Waals surface area contributed by atoms with E-state index in [4.69, 9.17) is 28.3 Å². The second kappa shape index (κ2) is 5.93. The zero-order valence-corrected chi connectivity index (χ0v) is 13.1. The maximum absolute atomic E-state index is 8.91. The maximum Gasteiger partial charge on any atom is 0.0999 e. The van der Waals surface area contributed by atoms with Crippen LogP contribution >= 0.6 is 34.5 Å². The van der Waals surface area contributed by atoms with Gasteiger partial charge in [0, 0.05) is 11.8 Å². The lowest BCUT2D eigenvalue weighted by Crippen LogP contribution is -2.16. The van der Waals surface area contributed by atoms with Crippen molar-refractivity contribution in [2.24, 2.45) is 0 Å². The largest absolute Gasteiger partial charge is 0.394 e. The number of anilines is 1. The van der Waals surface area contributed by atoms with Crippen molar-refractivity contribution in [1.82, 2.24) is 9.78 Å². The summed E-state index contributed by atoms with van der Waals surface area (Å²) >= 11 is 14.0. The van der Waals surface area contributed by atoms with Crippen LogP contribution in [0.5, 0.6) is 0 Å². The molecule has 20 heavy (non-hydrogen) atoms. The van der Waals surface area contributed by atoms with Crippen LogP contribution < -0.4 is 5.32 Å². The molecule has 1 aliphatic carbocycles. The van der Waals surface area contributed by atoms with Crippen LogP contribution in [0.3, 0.4) is 0 Å². The minimum atomic E-state index is 0.0840. The molecule has 0 saturated heterocycles. The molecule has 0 radical (unpaired) electrons. The summed E-state index contributed by atoms with van der Waals surface area (Å²) in [5.74, 6) is 0. The molecule has 0 aliphatic heterocycles. The molecule has 2 aromatic rings. The van der Waals surface area contributed by atoms with Gasteiger partial charge in [-0.3, -0.25) is 4.68 Å². The first-order valence-electron chi connectivity index (χ1n) is 6.55. The number of aliphatic hydroxyl groups is 1. The van der Waals surface area contributed by atoms with Crippen LogP contribution in [0.1, 0.15) is 30.0 Å². The van der Waals surface area contributed by atoms with Crippen molar-refractivity contribution in [3.8, 4) is 0 Å². The van der Waals surface area contributed by atoms with Crippen molar-refractivity contribution < 1.29 is 5.11 Å². The quantitative estimate of drug-likeness (QED) is 0.897. The van der Waals surface area contributed by atoms with Crippen LogP contribution in [0, 0.1) is 0 Å². The van der Waals surface area contributed by atoms with Crippen LogP contribution in [0.2, 0.25) is 8.67 Å². The highest BCUT2D eigenvalue weighted by Crippen LogP contribution is 2.45. The third-order valence-corrected chi connectivity index (χ3v) is 5.24. The molecule has 0 aromatic carbocycles. The molecule has 0 spiro atoms. The van der Waals surface area contributed by atoms with E-state index in [0.29, 0.717) is 6.54 Å². The summed E-state index contributed by atoms with van der Waals surface area (Å²) in [6.45, 7) is 0.587. The van der Waals surface area contributed by atoms with Crippen molar-refractivity contribution in [1.29, 1.82) is 0 Å². The second-order valence-corrected chi connectivity index (χ2v) is 7.07. The lowest BCUT2D eigenvalue weighted by atomic mass is 9.91. The molecule has 108 valence electrons. The number of rotatable bonds is 4. The highest BCUT2D eigenvalue weighted by Gasteiger charge is 2.27. The predicted molar refractivity (Wildman–Crippen MR) is 83.0 cm³/mol. The zero-order chi connectivity index (χ0) is 14.1. The number of nitrogens with one attached hydrogen (secondary N) is 1. The SMILES string of the molecule is OCCn1cc(NC2CCCc3c(Cl)sc(Cl)c32)cn1. The van der Waals surface area contributed by atoms with Gasteiger partial charge < -0.3 is 10.4 Å². The van der Waals surface area contributed by atoms with E-state index < -0.39 is 0 Å². The Labute approximate surface area is 131 Å². The first-order valence-corrected chi connectivity index (χ1v) is 8.12. The average molecular weight is 332 g/mol. The average Bonchev–Trinajstić information content (AvgIpc) is 2.97. The molecule has 1 unspecified atom stereocenters. The maximum atomic E-state index is 8.91. The van der Waals surface area contributed by atoms with Crippen LogP contribution in [-0.4, -0.2) is 21.5 Å². The number of fused-ring (bicyclic) bond motifs is 1. The number of hydrogen-bond acceptors (Lipinski definition) is 4. The fourth-order valence-corrected chi connectivity index (χ4v) is 4.53. The topological polar surface area (TPSA) is 50.1 Å². The second-order valence-electron chi connectivity index (χ2n) is 4.85. The lowest BCUT2D eigenvalue weighted by Gasteiger charge is -2.24. The molecule has 2 N–H and O–H groups in total. The fraction of sp³-hybridized carbons (Fsp3) is 0.462. The molecular formula is C13H15Cl2N3OS. The molecule has 0 fully saturated rings. The van der Waals surface area contributed by atoms with E-state index in [-0.39, 0.29) is 12.6 Å². The van der Waals surface area contributed by atoms with E-state index >= 15 is 0 Å². The van der Waals surface area contributed by atoms with Gasteiger partial charge in [-0.25, -0.2) is 0 Å². The predicted octanol–water partition coefficient (Wildman–Crippen LogP) is 3.73. The van der Waals surface area contributed by atoms with Crippen molar-refractivity contribution in [3.05, 3.63) is 32.2 Å². The Morgan fingerprint density at radius 2 is 2.30 bits per heavy atom. The number of nitrogens with zero attached hydrogens (tertiary/aromatic N) is 2. The fourth-order valence-electron chi connectivity index (χ4n) is 2.64. The highest BCUT2D eigenvalue weighted by atomic mass is 35.5. The number of halogens is 2. The van der Waals surface area contributed by atoms with Crippen LogP contribution in [0.25, 0.3) is 0 Å². The zero-order valence-electron chi connectivity index (χ0n) is 10.8. The van der Waals surface area contributed by atoms with E-state index in [1.54, 1.807) is 10.9 Å². The Morgan fingerprint density at radius 3 is 3.10 bits per heavy atom. The van der Waals surface area contributed by atoms with Gasteiger partial charge in [-0.15, -0.1) is 11.3 Å². The van der Waals surface area contributed by atoms with Gasteiger partial charge in [0.15, 0.2) is 0 Å². The van der Waals surface area contributed by atoms with Gasteiger partial charge in [0.05, 0.1) is 39.8 Å². The lowest BCUT2D eigenvalue weighted by molar-refractivity contribution is 0.269. The van der Waals surface area contributed by atoms with Crippen molar-refractivity contribution in [2.45, 2.75) is 31.8 Å². The van der Waals surface area contributed by atoms with E-state index in [9.17, 15) is 0 Å². The summed E-state index contributed by atoms with van der Waals surface area (Å²) < 4.78 is 3.31. The van der Waals surface area contributed by atoms with Gasteiger partial charge in [-0.1, -0.05) is 23.2 Å². The van der Waals surface area contributed by atoms with E-state index in [1.165, 1.54) is 16.9 Å². The summed E-state index contributed by atoms with van der Waals surface area (Å²) in [6.07, 6.45) is 6.80. The van der Waals surface area contributed by atoms with Crippen molar-refractivity contribution in [3.63, 3.8) is 0 Å². The Hall–Kier alpha value is -0.750. The van der Waals surface area contributed by atoms with Crippen LogP contribution in [0.4, 0.5) is 5.69 Å². The van der Waals surface area contributed by atoms with Crippen molar-refractivity contribution in [2.75, 3.05) is 11.9 Å². The molecule has 7 heteroatoms. The molecule has 2 heterocycles. The van der Waals surface area contributed by atoms with Crippen molar-refractivity contribution >= 4 is 40.2 Å². The normalized spacial score (nSPS) is 18.1. The molecule has 3 rings (SSSR count). The summed E-state index contributed by atoms with van der Waals surface area (Å²) in [6, 6.07) is 0.182. The summed E-state index contributed by atoms with van der Waals surface area (Å²) in [5, 5.41) is 16.6. The Kier molecular flexibility index (Phi) is 4.21. The van der Waals surface area contributed by atoms with Crippen LogP contribution in [-0.2, 0) is 13.0 Å². The van der Waals surface area contributed by atoms with Gasteiger partial charge in [-0.05, 0) is 24.8 Å². The highest BCUT2D eigenvalue weighted by molar-refractivity contribution is 7.20. The number of thiophene rings is 1. The van der Waals surface area contributed by atoms with Gasteiger partial charge in [0.25, 0.3) is 0 Å². The molecule has 0 amide bonds. The van der Waals surface area contributed by atoms with Gasteiger partial charge in [0.2, 0.25) is 0 Å². The molecule has 4 nitrogen and oxygen atoms in total. The first-order chi connectivity index (χ1) is 9.69. The summed E-state index contributed by atoms with van der Waals surface area (Å²) in [5.41, 5.74) is 3.27. The number of aromatic nitrogens is 2. The number of hydrogen-bond donors (Lipinski definition) is 2. The number of aliphatic hydroxyl groups excluding tert-OH is 1. The molecule has 0 bridgehead atoms. The minimum absolute atomic E-state index is 0.0840. The standard InChI is InChI=1S/C13H15Cl2N3OS/c14-12-9-2-1-3-10(11(9)13(15)20-12)17-8-6-16-18(7-8)4-5-19/h6-7,10,17,19H,1-5H2. The Balaban J connectivity index is 1.82. The van der Waals surface area contributed by atoms with Gasteiger partial charge >= 0.3 is 0 Å². The Morgan fingerprint density at radius 1 is 1.45 bits per heavy atom. The molecule has 1 aliphatic rings. The van der Waals surface area contributed by atoms with E-state index in [1.807, 2.05) is 6.20 Å². The monoisotopic (exact) mass is 331 g/mol. The summed E-state index contributed by atoms with van der Waals surface area (Å²) in [7, 11) is 0. The van der Waals surface area contributed by atoms with E-state index in [0.717, 1.165) is 39.2 Å². The molecule has 0 saturated carbocycles. The molecule has 1 atom stereocenters. The smallest absolute Gasteiger partial charge is 0.0999 e. The third kappa shape index (κ3) is 2.68. The Bertz CT molecular complexity index is 611. The third-order valence-electron chi connectivity index (χ3n) is 3.52. The minimum Gasteiger partial charge on any atom is -0.394 e. The van der Waals surface area contributed by atoms with Gasteiger partial charge in [-0.2, -0.15) is 5.10 Å². The first kappa shape index (κ1) is 14.2. The van der Waals surface area contributed by atoms with Gasteiger partial charge in [0.1, 0.15) is 0 Å². The van der Waals surface area contributed by atoms with Crippen LogP contribution in [0.15, 0.2) is 12.4 Å². The molecule has 2 aromatic heterocycles. The van der Waals surface area contributed by atoms with E-state index in [2.05, 4.69) is 10.4 Å².